The van der Waals surface area contributed by atoms with E-state index in [9.17, 15) is 4.79 Å². The van der Waals surface area contributed by atoms with Gasteiger partial charge in [-0.25, -0.2) is 0 Å². The lowest BCUT2D eigenvalue weighted by atomic mass is 9.95. The summed E-state index contributed by atoms with van der Waals surface area (Å²) in [7, 11) is 3.51. The van der Waals surface area contributed by atoms with Crippen LogP contribution in [-0.2, 0) is 17.8 Å². The Labute approximate surface area is 159 Å². The van der Waals surface area contributed by atoms with E-state index in [1.54, 1.807) is 12.0 Å². The molecular weight excluding hydrogens is 338 g/mol. The molecule has 1 aliphatic rings. The molecule has 4 heteroatoms. The fraction of sp³-hybridized carbons (Fsp3) is 0.261. The van der Waals surface area contributed by atoms with Crippen molar-refractivity contribution in [3.05, 3.63) is 71.8 Å². The van der Waals surface area contributed by atoms with Crippen molar-refractivity contribution in [1.82, 2.24) is 4.90 Å². The monoisotopic (exact) mass is 361 g/mol. The zero-order valence-corrected chi connectivity index (χ0v) is 15.6. The number of hydrogen-bond donors (Lipinski definition) is 0. The highest BCUT2D eigenvalue weighted by molar-refractivity contribution is 5.86. The highest BCUT2D eigenvalue weighted by atomic mass is 16.5. The molecule has 0 fully saturated rings. The topological polar surface area (TPSA) is 38.8 Å². The van der Waals surface area contributed by atoms with E-state index in [-0.39, 0.29) is 11.8 Å². The van der Waals surface area contributed by atoms with Gasteiger partial charge in [-0.05, 0) is 46.5 Å². The second-order valence-corrected chi connectivity index (χ2v) is 7.02. The van der Waals surface area contributed by atoms with E-state index in [1.807, 2.05) is 43.4 Å². The molecule has 4 rings (SSSR count). The number of benzene rings is 3. The Kier molecular flexibility index (Phi) is 4.71. The van der Waals surface area contributed by atoms with E-state index in [2.05, 4.69) is 24.3 Å². The summed E-state index contributed by atoms with van der Waals surface area (Å²) in [6.07, 6.45) is 0.672. The Balaban J connectivity index is 1.51. The third-order valence-corrected chi connectivity index (χ3v) is 5.19. The molecule has 27 heavy (non-hydrogen) atoms. The number of rotatable bonds is 4. The van der Waals surface area contributed by atoms with Crippen LogP contribution in [0.3, 0.4) is 0 Å². The SMILES string of the molecule is COc1ccc2c(c1)CC(C(=O)N(C)Cc1cccc3ccccc13)CO2. The van der Waals surface area contributed by atoms with E-state index < -0.39 is 0 Å². The van der Waals surface area contributed by atoms with Crippen molar-refractivity contribution in [2.75, 3.05) is 20.8 Å². The minimum Gasteiger partial charge on any atom is -0.497 e. The largest absolute Gasteiger partial charge is 0.497 e. The molecule has 4 nitrogen and oxygen atoms in total. The maximum Gasteiger partial charge on any atom is 0.229 e. The second kappa shape index (κ2) is 7.31. The normalized spacial score (nSPS) is 15.7. The minimum atomic E-state index is -0.176. The fourth-order valence-corrected chi connectivity index (χ4v) is 3.73. The van der Waals surface area contributed by atoms with Crippen molar-refractivity contribution in [2.24, 2.45) is 5.92 Å². The molecule has 0 saturated carbocycles. The van der Waals surface area contributed by atoms with Crippen LogP contribution in [0.1, 0.15) is 11.1 Å². The summed E-state index contributed by atoms with van der Waals surface area (Å²) in [6.45, 7) is 1.000. The van der Waals surface area contributed by atoms with Crippen molar-refractivity contribution in [3.8, 4) is 11.5 Å². The average molecular weight is 361 g/mol. The molecule has 0 radical (unpaired) electrons. The van der Waals surface area contributed by atoms with Gasteiger partial charge in [-0.2, -0.15) is 0 Å². The third kappa shape index (κ3) is 3.47. The van der Waals surface area contributed by atoms with Gasteiger partial charge in [-0.3, -0.25) is 4.79 Å². The first-order valence-electron chi connectivity index (χ1n) is 9.17. The number of amides is 1. The van der Waals surface area contributed by atoms with Gasteiger partial charge in [0, 0.05) is 13.6 Å². The molecule has 3 aromatic rings. The summed E-state index contributed by atoms with van der Waals surface area (Å²) in [4.78, 5) is 14.8. The quantitative estimate of drug-likeness (QED) is 0.703. The number of ether oxygens (including phenoxy) is 2. The highest BCUT2D eigenvalue weighted by Gasteiger charge is 2.28. The average Bonchev–Trinajstić information content (AvgIpc) is 2.72. The molecule has 3 aromatic carbocycles. The first-order chi connectivity index (χ1) is 13.2. The lowest BCUT2D eigenvalue weighted by molar-refractivity contribution is -0.136. The van der Waals surface area contributed by atoms with Crippen molar-refractivity contribution < 1.29 is 14.3 Å². The lowest BCUT2D eigenvalue weighted by Crippen LogP contribution is -2.38. The van der Waals surface area contributed by atoms with E-state index in [4.69, 9.17) is 9.47 Å². The zero-order chi connectivity index (χ0) is 18.8. The van der Waals surface area contributed by atoms with Crippen LogP contribution in [-0.4, -0.2) is 31.6 Å². The van der Waals surface area contributed by atoms with Gasteiger partial charge in [0.2, 0.25) is 5.91 Å². The number of methoxy groups -OCH3 is 1. The molecule has 138 valence electrons. The van der Waals surface area contributed by atoms with Crippen LogP contribution in [0.25, 0.3) is 10.8 Å². The molecule has 0 N–H and O–H groups in total. The van der Waals surface area contributed by atoms with Crippen molar-refractivity contribution >= 4 is 16.7 Å². The predicted octanol–water partition coefficient (Wildman–Crippen LogP) is 4.06. The molecular formula is C23H23NO3. The van der Waals surface area contributed by atoms with Crippen LogP contribution in [0.15, 0.2) is 60.7 Å². The molecule has 0 aliphatic carbocycles. The molecule has 0 bridgehead atoms. The van der Waals surface area contributed by atoms with Gasteiger partial charge in [-0.1, -0.05) is 42.5 Å². The molecule has 0 saturated heterocycles. The van der Waals surface area contributed by atoms with Crippen LogP contribution < -0.4 is 9.47 Å². The first-order valence-corrected chi connectivity index (χ1v) is 9.17. The molecule has 0 spiro atoms. The molecule has 1 aliphatic heterocycles. The van der Waals surface area contributed by atoms with Gasteiger partial charge in [0.15, 0.2) is 0 Å². The summed E-state index contributed by atoms with van der Waals surface area (Å²) in [5.74, 6) is 1.56. The Morgan fingerprint density at radius 3 is 2.81 bits per heavy atom. The number of nitrogens with zero attached hydrogens (tertiary/aromatic N) is 1. The first kappa shape index (κ1) is 17.4. The molecule has 1 amide bonds. The third-order valence-electron chi connectivity index (χ3n) is 5.19. The smallest absolute Gasteiger partial charge is 0.229 e. The second-order valence-electron chi connectivity index (χ2n) is 7.02. The van der Waals surface area contributed by atoms with Gasteiger partial charge < -0.3 is 14.4 Å². The standard InChI is InChI=1S/C23H23NO3/c1-24(14-17-8-5-7-16-6-3-4-9-21(16)17)23(25)19-12-18-13-20(26-2)10-11-22(18)27-15-19/h3-11,13,19H,12,14-15H2,1-2H3. The van der Waals surface area contributed by atoms with Crippen LogP contribution in [0.5, 0.6) is 11.5 Å². The summed E-state index contributed by atoms with van der Waals surface area (Å²) in [5, 5.41) is 2.38. The van der Waals surface area contributed by atoms with Crippen molar-refractivity contribution in [1.29, 1.82) is 0 Å². The van der Waals surface area contributed by atoms with Gasteiger partial charge in [0.25, 0.3) is 0 Å². The Morgan fingerprint density at radius 2 is 1.96 bits per heavy atom. The number of carbonyl (C=O) groups is 1. The summed E-state index contributed by atoms with van der Waals surface area (Å²) in [5.41, 5.74) is 2.18. The maximum absolute atomic E-state index is 13.0. The van der Waals surface area contributed by atoms with E-state index >= 15 is 0 Å². The Bertz CT molecular complexity index is 977. The number of carbonyl (C=O) groups excluding carboxylic acids is 1. The molecule has 1 unspecified atom stereocenters. The van der Waals surface area contributed by atoms with Gasteiger partial charge in [-0.15, -0.1) is 0 Å². The van der Waals surface area contributed by atoms with E-state index in [0.29, 0.717) is 19.6 Å². The fourth-order valence-electron chi connectivity index (χ4n) is 3.73. The van der Waals surface area contributed by atoms with Crippen LogP contribution >= 0.6 is 0 Å². The van der Waals surface area contributed by atoms with E-state index in [0.717, 1.165) is 22.6 Å². The van der Waals surface area contributed by atoms with Crippen LogP contribution in [0.2, 0.25) is 0 Å². The van der Waals surface area contributed by atoms with Crippen molar-refractivity contribution in [3.63, 3.8) is 0 Å². The number of fused-ring (bicyclic) bond motifs is 2. The van der Waals surface area contributed by atoms with Crippen LogP contribution in [0.4, 0.5) is 0 Å². The van der Waals surface area contributed by atoms with Crippen molar-refractivity contribution in [2.45, 2.75) is 13.0 Å². The van der Waals surface area contributed by atoms with Gasteiger partial charge in [0.1, 0.15) is 18.1 Å². The van der Waals surface area contributed by atoms with Gasteiger partial charge >= 0.3 is 0 Å². The number of hydrogen-bond acceptors (Lipinski definition) is 3. The molecule has 0 aromatic heterocycles. The van der Waals surface area contributed by atoms with Gasteiger partial charge in [0.05, 0.1) is 13.0 Å². The Morgan fingerprint density at radius 1 is 1.15 bits per heavy atom. The lowest BCUT2D eigenvalue weighted by Gasteiger charge is -2.28. The van der Waals surface area contributed by atoms with E-state index in [1.165, 1.54) is 10.8 Å². The molecule has 1 heterocycles. The highest BCUT2D eigenvalue weighted by Crippen LogP contribution is 2.31. The Hall–Kier alpha value is -3.01. The van der Waals surface area contributed by atoms with Crippen LogP contribution in [0, 0.1) is 5.92 Å². The predicted molar refractivity (Wildman–Crippen MR) is 106 cm³/mol. The summed E-state index contributed by atoms with van der Waals surface area (Å²) >= 11 is 0. The maximum atomic E-state index is 13.0. The summed E-state index contributed by atoms with van der Waals surface area (Å²) in [6, 6.07) is 20.3. The zero-order valence-electron chi connectivity index (χ0n) is 15.6. The molecule has 1 atom stereocenters. The summed E-state index contributed by atoms with van der Waals surface area (Å²) < 4.78 is 11.1. The minimum absolute atomic E-state index is 0.108.